The van der Waals surface area contributed by atoms with Crippen molar-refractivity contribution in [3.05, 3.63) is 18.1 Å². The Morgan fingerprint density at radius 3 is 2.67 bits per heavy atom. The van der Waals surface area contributed by atoms with Crippen LogP contribution in [0.25, 0.3) is 0 Å². The molecule has 2 heterocycles. The molecule has 0 amide bonds. The van der Waals surface area contributed by atoms with Crippen LogP contribution in [-0.2, 0) is 0 Å². The zero-order chi connectivity index (χ0) is 12.7. The third kappa shape index (κ3) is 2.09. The molecule has 1 saturated heterocycles. The lowest BCUT2D eigenvalue weighted by molar-refractivity contribution is -0.00431. The summed E-state index contributed by atoms with van der Waals surface area (Å²) < 4.78 is 0. The molecular weight excluding hydrogens is 224 g/mol. The third-order valence-electron chi connectivity index (χ3n) is 4.38. The predicted octanol–water partition coefficient (Wildman–Crippen LogP) is 1.93. The highest BCUT2D eigenvalue weighted by Gasteiger charge is 2.47. The van der Waals surface area contributed by atoms with Gasteiger partial charge in [-0.15, -0.1) is 0 Å². The topological polar surface area (TPSA) is 41.1 Å². The molecule has 4 nitrogen and oxygen atoms in total. The summed E-state index contributed by atoms with van der Waals surface area (Å²) in [4.78, 5) is 11.2. The van der Waals surface area contributed by atoms with Crippen LogP contribution in [0.3, 0.4) is 0 Å². The maximum absolute atomic E-state index is 4.44. The van der Waals surface area contributed by atoms with Crippen molar-refractivity contribution in [3.8, 4) is 0 Å². The first kappa shape index (κ1) is 11.9. The second-order valence-corrected chi connectivity index (χ2v) is 5.96. The SMILES string of the molecule is Cc1nccc(NC2C3CC2CN(C(C)C)C3)n1. The smallest absolute Gasteiger partial charge is 0.129 e. The van der Waals surface area contributed by atoms with Gasteiger partial charge in [0.05, 0.1) is 0 Å². The van der Waals surface area contributed by atoms with Gasteiger partial charge in [0.15, 0.2) is 0 Å². The van der Waals surface area contributed by atoms with E-state index in [2.05, 4.69) is 34.0 Å². The Labute approximate surface area is 109 Å². The molecule has 0 aromatic carbocycles. The molecule has 98 valence electrons. The van der Waals surface area contributed by atoms with Crippen LogP contribution in [0.15, 0.2) is 12.3 Å². The quantitative estimate of drug-likeness (QED) is 0.884. The minimum absolute atomic E-state index is 0.620. The molecule has 18 heavy (non-hydrogen) atoms. The molecule has 1 aromatic rings. The van der Waals surface area contributed by atoms with E-state index >= 15 is 0 Å². The summed E-state index contributed by atoms with van der Waals surface area (Å²) in [6.07, 6.45) is 3.21. The molecule has 2 atom stereocenters. The Hall–Kier alpha value is -1.16. The fourth-order valence-corrected chi connectivity index (χ4v) is 3.29. The van der Waals surface area contributed by atoms with Crippen LogP contribution in [0.4, 0.5) is 5.82 Å². The maximum atomic E-state index is 4.44. The number of rotatable bonds is 3. The van der Waals surface area contributed by atoms with E-state index in [1.54, 1.807) is 0 Å². The van der Waals surface area contributed by atoms with Crippen LogP contribution in [0.2, 0.25) is 0 Å². The lowest BCUT2D eigenvalue weighted by atomic mass is 9.66. The first-order valence-electron chi connectivity index (χ1n) is 6.93. The van der Waals surface area contributed by atoms with Gasteiger partial charge in [-0.1, -0.05) is 0 Å². The summed E-state index contributed by atoms with van der Waals surface area (Å²) in [5, 5.41) is 3.60. The van der Waals surface area contributed by atoms with E-state index in [1.165, 1.54) is 19.5 Å². The van der Waals surface area contributed by atoms with Crippen LogP contribution in [-0.4, -0.2) is 40.0 Å². The summed E-state index contributed by atoms with van der Waals surface area (Å²) in [7, 11) is 0. The van der Waals surface area contributed by atoms with E-state index in [9.17, 15) is 0 Å². The van der Waals surface area contributed by atoms with Crippen LogP contribution in [0, 0.1) is 18.8 Å². The van der Waals surface area contributed by atoms with Crippen LogP contribution >= 0.6 is 0 Å². The molecule has 1 saturated carbocycles. The normalized spacial score (nSPS) is 31.2. The van der Waals surface area contributed by atoms with Gasteiger partial charge in [0.1, 0.15) is 11.6 Å². The van der Waals surface area contributed by atoms with Crippen molar-refractivity contribution in [3.63, 3.8) is 0 Å². The number of aryl methyl sites for hydroxylation is 1. The summed E-state index contributed by atoms with van der Waals surface area (Å²) in [5.74, 6) is 3.41. The molecule has 2 unspecified atom stereocenters. The van der Waals surface area contributed by atoms with Gasteiger partial charge in [-0.25, -0.2) is 9.97 Å². The highest BCUT2D eigenvalue weighted by atomic mass is 15.2. The Balaban J connectivity index is 1.64. The highest BCUT2D eigenvalue weighted by Crippen LogP contribution is 2.42. The zero-order valence-electron chi connectivity index (χ0n) is 11.4. The predicted molar refractivity (Wildman–Crippen MR) is 72.5 cm³/mol. The molecule has 2 bridgehead atoms. The number of likely N-dealkylation sites (tertiary alicyclic amines) is 1. The molecule has 4 heteroatoms. The minimum atomic E-state index is 0.620. The minimum Gasteiger partial charge on any atom is -0.367 e. The summed E-state index contributed by atoms with van der Waals surface area (Å²) in [6, 6.07) is 3.27. The first-order valence-corrected chi connectivity index (χ1v) is 6.93. The number of hydrogen-bond donors (Lipinski definition) is 1. The van der Waals surface area contributed by atoms with Gasteiger partial charge >= 0.3 is 0 Å². The van der Waals surface area contributed by atoms with Gasteiger partial charge in [0, 0.05) is 31.4 Å². The maximum Gasteiger partial charge on any atom is 0.129 e. The van der Waals surface area contributed by atoms with Gasteiger partial charge in [-0.05, 0) is 45.1 Å². The van der Waals surface area contributed by atoms with E-state index in [1.807, 2.05) is 19.2 Å². The lowest BCUT2D eigenvalue weighted by Crippen LogP contribution is -2.62. The van der Waals surface area contributed by atoms with Gasteiger partial charge in [0.2, 0.25) is 0 Å². The van der Waals surface area contributed by atoms with Crippen molar-refractivity contribution >= 4 is 5.82 Å². The van der Waals surface area contributed by atoms with Gasteiger partial charge in [-0.3, -0.25) is 0 Å². The van der Waals surface area contributed by atoms with Crippen molar-refractivity contribution in [2.45, 2.75) is 39.3 Å². The van der Waals surface area contributed by atoms with Crippen molar-refractivity contribution in [1.82, 2.24) is 14.9 Å². The summed E-state index contributed by atoms with van der Waals surface area (Å²) >= 11 is 0. The number of nitrogens with one attached hydrogen (secondary N) is 1. The second-order valence-electron chi connectivity index (χ2n) is 5.96. The van der Waals surface area contributed by atoms with Crippen LogP contribution < -0.4 is 5.32 Å². The molecule has 3 rings (SSSR count). The standard InChI is InChI=1S/C14H22N4/c1-9(2)18-7-11-6-12(8-18)14(11)17-13-4-5-15-10(3)16-13/h4-5,9,11-12,14H,6-8H2,1-3H3,(H,15,16,17). The molecule has 2 aliphatic rings. The molecule has 1 aliphatic carbocycles. The van der Waals surface area contributed by atoms with Gasteiger partial charge in [-0.2, -0.15) is 0 Å². The number of hydrogen-bond acceptors (Lipinski definition) is 4. The molecular formula is C14H22N4. The lowest BCUT2D eigenvalue weighted by Gasteiger charge is -2.55. The fourth-order valence-electron chi connectivity index (χ4n) is 3.29. The monoisotopic (exact) mass is 246 g/mol. The van der Waals surface area contributed by atoms with Gasteiger partial charge in [0.25, 0.3) is 0 Å². The Bertz CT molecular complexity index is 420. The van der Waals surface area contributed by atoms with Crippen molar-refractivity contribution in [2.24, 2.45) is 11.8 Å². The first-order chi connectivity index (χ1) is 8.63. The largest absolute Gasteiger partial charge is 0.367 e. The van der Waals surface area contributed by atoms with Crippen molar-refractivity contribution in [1.29, 1.82) is 0 Å². The molecule has 0 radical (unpaired) electrons. The summed E-state index contributed by atoms with van der Waals surface area (Å²) in [5.41, 5.74) is 0. The van der Waals surface area contributed by atoms with Gasteiger partial charge < -0.3 is 10.2 Å². The fraction of sp³-hybridized carbons (Fsp3) is 0.714. The van der Waals surface area contributed by atoms with E-state index in [4.69, 9.17) is 0 Å². The zero-order valence-corrected chi connectivity index (χ0v) is 11.4. The molecule has 1 aliphatic heterocycles. The number of fused-ring (bicyclic) bond motifs is 2. The van der Waals surface area contributed by atoms with E-state index in [0.717, 1.165) is 23.5 Å². The van der Waals surface area contributed by atoms with E-state index < -0.39 is 0 Å². The third-order valence-corrected chi connectivity index (χ3v) is 4.38. The van der Waals surface area contributed by atoms with Crippen molar-refractivity contribution in [2.75, 3.05) is 18.4 Å². The Morgan fingerprint density at radius 1 is 1.33 bits per heavy atom. The van der Waals surface area contributed by atoms with E-state index in [-0.39, 0.29) is 0 Å². The molecule has 0 spiro atoms. The highest BCUT2D eigenvalue weighted by molar-refractivity contribution is 5.36. The molecule has 1 aromatic heterocycles. The average Bonchev–Trinajstić information content (AvgIpc) is 2.36. The van der Waals surface area contributed by atoms with Crippen LogP contribution in [0.1, 0.15) is 26.1 Å². The summed E-state index contributed by atoms with van der Waals surface area (Å²) in [6.45, 7) is 8.99. The van der Waals surface area contributed by atoms with Crippen molar-refractivity contribution < 1.29 is 0 Å². The Morgan fingerprint density at radius 2 is 2.06 bits per heavy atom. The number of nitrogens with zero attached hydrogens (tertiary/aromatic N) is 3. The second kappa shape index (κ2) is 4.50. The van der Waals surface area contributed by atoms with Crippen LogP contribution in [0.5, 0.6) is 0 Å². The van der Waals surface area contributed by atoms with E-state index in [0.29, 0.717) is 12.1 Å². The number of piperidine rings is 2. The Kier molecular flexibility index (Phi) is 2.98. The number of aromatic nitrogens is 2. The number of anilines is 1. The average molecular weight is 246 g/mol. The molecule has 2 fully saturated rings. The molecule has 1 N–H and O–H groups in total.